The van der Waals surface area contributed by atoms with Gasteiger partial charge in [0.05, 0.1) is 0 Å². The maximum atomic E-state index is 11.6. The van der Waals surface area contributed by atoms with Crippen molar-refractivity contribution < 1.29 is 4.79 Å². The van der Waals surface area contributed by atoms with Crippen LogP contribution in [0.25, 0.3) is 0 Å². The molecule has 12 heavy (non-hydrogen) atoms. The van der Waals surface area contributed by atoms with Crippen LogP contribution in [0.15, 0.2) is 0 Å². The molecule has 2 aliphatic rings. The van der Waals surface area contributed by atoms with E-state index in [2.05, 4.69) is 5.32 Å². The van der Waals surface area contributed by atoms with Gasteiger partial charge in [-0.15, -0.1) is 0 Å². The minimum absolute atomic E-state index is 0.0672. The molecule has 68 valence electrons. The van der Waals surface area contributed by atoms with Crippen molar-refractivity contribution in [1.29, 1.82) is 0 Å². The summed E-state index contributed by atoms with van der Waals surface area (Å²) in [6.45, 7) is 2.04. The summed E-state index contributed by atoms with van der Waals surface area (Å²) in [6.07, 6.45) is 4.24. The molecule has 3 nitrogen and oxygen atoms in total. The van der Waals surface area contributed by atoms with Gasteiger partial charge in [0.25, 0.3) is 0 Å². The zero-order valence-electron chi connectivity index (χ0n) is 7.47. The average Bonchev–Trinajstić information content (AvgIpc) is 2.61. The zero-order valence-corrected chi connectivity index (χ0v) is 7.47. The van der Waals surface area contributed by atoms with Crippen molar-refractivity contribution in [3.8, 4) is 0 Å². The molecule has 0 aromatic heterocycles. The van der Waals surface area contributed by atoms with Crippen LogP contribution < -0.4 is 11.1 Å². The molecule has 0 radical (unpaired) electrons. The summed E-state index contributed by atoms with van der Waals surface area (Å²) in [4.78, 5) is 11.6. The van der Waals surface area contributed by atoms with Crippen LogP contribution in [0, 0.1) is 5.41 Å². The number of carbonyl (C=O) groups is 1. The van der Waals surface area contributed by atoms with E-state index in [1.165, 1.54) is 6.42 Å². The average molecular weight is 168 g/mol. The normalized spacial score (nSPS) is 36.8. The van der Waals surface area contributed by atoms with Gasteiger partial charge in [-0.1, -0.05) is 13.3 Å². The number of nitrogens with one attached hydrogen (secondary N) is 1. The van der Waals surface area contributed by atoms with E-state index in [1.807, 2.05) is 6.92 Å². The molecule has 0 aliphatic heterocycles. The van der Waals surface area contributed by atoms with E-state index in [4.69, 9.17) is 5.73 Å². The molecule has 2 rings (SSSR count). The van der Waals surface area contributed by atoms with Gasteiger partial charge in [-0.25, -0.2) is 0 Å². The van der Waals surface area contributed by atoms with Crippen molar-refractivity contribution in [2.24, 2.45) is 11.1 Å². The minimum atomic E-state index is -0.0672. The Hall–Kier alpha value is -0.570. The van der Waals surface area contributed by atoms with Gasteiger partial charge in [0.2, 0.25) is 5.91 Å². The van der Waals surface area contributed by atoms with E-state index >= 15 is 0 Å². The van der Waals surface area contributed by atoms with E-state index in [0.29, 0.717) is 0 Å². The van der Waals surface area contributed by atoms with Gasteiger partial charge in [-0.05, 0) is 19.3 Å². The van der Waals surface area contributed by atoms with Gasteiger partial charge in [0, 0.05) is 17.5 Å². The first-order valence-corrected chi connectivity index (χ1v) is 4.68. The third kappa shape index (κ3) is 1.22. The highest BCUT2D eigenvalue weighted by Crippen LogP contribution is 2.40. The van der Waals surface area contributed by atoms with Crippen LogP contribution in [0.5, 0.6) is 0 Å². The molecule has 2 saturated carbocycles. The molecule has 0 heterocycles. The zero-order chi connectivity index (χ0) is 8.77. The first kappa shape index (κ1) is 8.05. The smallest absolute Gasteiger partial charge is 0.226 e. The monoisotopic (exact) mass is 168 g/mol. The summed E-state index contributed by atoms with van der Waals surface area (Å²) in [6, 6.07) is 0.493. The van der Waals surface area contributed by atoms with Crippen molar-refractivity contribution in [3.05, 3.63) is 0 Å². The number of hydrogen-bond donors (Lipinski definition) is 2. The van der Waals surface area contributed by atoms with Gasteiger partial charge in [-0.2, -0.15) is 0 Å². The lowest BCUT2D eigenvalue weighted by Crippen LogP contribution is -2.45. The molecule has 3 heteroatoms. The number of amides is 1. The third-order valence-corrected chi connectivity index (χ3v) is 3.16. The highest BCUT2D eigenvalue weighted by molar-refractivity contribution is 5.83. The van der Waals surface area contributed by atoms with E-state index in [9.17, 15) is 4.79 Å². The van der Waals surface area contributed by atoms with E-state index in [0.717, 1.165) is 19.3 Å². The van der Waals surface area contributed by atoms with Gasteiger partial charge in [0.1, 0.15) is 0 Å². The summed E-state index contributed by atoms with van der Waals surface area (Å²) in [7, 11) is 0. The van der Waals surface area contributed by atoms with Crippen molar-refractivity contribution in [2.75, 3.05) is 0 Å². The predicted octanol–water partition coefficient (Wildman–Crippen LogP) is 0.392. The Morgan fingerprint density at radius 1 is 1.58 bits per heavy atom. The van der Waals surface area contributed by atoms with Crippen molar-refractivity contribution >= 4 is 5.91 Å². The van der Waals surface area contributed by atoms with Crippen molar-refractivity contribution in [2.45, 2.75) is 44.7 Å². The first-order chi connectivity index (χ1) is 5.62. The van der Waals surface area contributed by atoms with Crippen molar-refractivity contribution in [3.63, 3.8) is 0 Å². The number of nitrogens with two attached hydrogens (primary N) is 1. The van der Waals surface area contributed by atoms with Crippen LogP contribution in [0.1, 0.15) is 32.6 Å². The molecular formula is C9H16N2O. The molecule has 2 aliphatic carbocycles. The van der Waals surface area contributed by atoms with E-state index in [-0.39, 0.29) is 23.4 Å². The Morgan fingerprint density at radius 3 is 2.50 bits per heavy atom. The minimum Gasteiger partial charge on any atom is -0.351 e. The molecule has 0 saturated heterocycles. The Balaban J connectivity index is 1.84. The van der Waals surface area contributed by atoms with Crippen LogP contribution in [0.3, 0.4) is 0 Å². The molecule has 2 fully saturated rings. The van der Waals surface area contributed by atoms with Crippen molar-refractivity contribution in [1.82, 2.24) is 5.32 Å². The first-order valence-electron chi connectivity index (χ1n) is 4.68. The van der Waals surface area contributed by atoms with E-state index in [1.54, 1.807) is 0 Å². The molecule has 3 N–H and O–H groups in total. The summed E-state index contributed by atoms with van der Waals surface area (Å²) in [5.74, 6) is 0.215. The van der Waals surface area contributed by atoms with Crippen LogP contribution in [0.2, 0.25) is 0 Å². The maximum Gasteiger partial charge on any atom is 0.226 e. The summed E-state index contributed by atoms with van der Waals surface area (Å²) >= 11 is 0. The van der Waals surface area contributed by atoms with E-state index < -0.39 is 0 Å². The SMILES string of the molecule is CC1(C(=O)NC2CC2N)CCC1. The van der Waals surface area contributed by atoms with Crippen LogP contribution in [0.4, 0.5) is 0 Å². The fourth-order valence-corrected chi connectivity index (χ4v) is 1.66. The molecule has 0 aromatic carbocycles. The third-order valence-electron chi connectivity index (χ3n) is 3.16. The fourth-order valence-electron chi connectivity index (χ4n) is 1.66. The van der Waals surface area contributed by atoms with Gasteiger partial charge in [-0.3, -0.25) is 4.79 Å². The molecule has 0 bridgehead atoms. The molecule has 0 aromatic rings. The highest BCUT2D eigenvalue weighted by atomic mass is 16.2. The second kappa shape index (κ2) is 2.46. The largest absolute Gasteiger partial charge is 0.351 e. The van der Waals surface area contributed by atoms with Gasteiger partial charge < -0.3 is 11.1 Å². The Morgan fingerprint density at radius 2 is 2.17 bits per heavy atom. The summed E-state index contributed by atoms with van der Waals surface area (Å²) in [5, 5.41) is 2.98. The van der Waals surface area contributed by atoms with Gasteiger partial charge in [0.15, 0.2) is 0 Å². The lowest BCUT2D eigenvalue weighted by atomic mass is 9.70. The number of rotatable bonds is 2. The second-order valence-corrected chi connectivity index (χ2v) is 4.39. The van der Waals surface area contributed by atoms with Gasteiger partial charge >= 0.3 is 0 Å². The second-order valence-electron chi connectivity index (χ2n) is 4.39. The number of hydrogen-bond acceptors (Lipinski definition) is 2. The highest BCUT2D eigenvalue weighted by Gasteiger charge is 2.43. The molecule has 2 unspecified atom stereocenters. The number of carbonyl (C=O) groups excluding carboxylic acids is 1. The van der Waals surface area contributed by atoms with Crippen LogP contribution in [-0.2, 0) is 4.79 Å². The lowest BCUT2D eigenvalue weighted by molar-refractivity contribution is -0.134. The van der Waals surface area contributed by atoms with Crippen LogP contribution >= 0.6 is 0 Å². The quantitative estimate of drug-likeness (QED) is 0.626. The standard InChI is InChI=1S/C9H16N2O/c1-9(3-2-4-9)8(12)11-7-5-6(7)10/h6-7H,2-5,10H2,1H3,(H,11,12). The topological polar surface area (TPSA) is 55.1 Å². The Kier molecular flexibility index (Phi) is 1.65. The fraction of sp³-hybridized carbons (Fsp3) is 0.889. The molecule has 0 spiro atoms. The summed E-state index contributed by atoms with van der Waals surface area (Å²) in [5.41, 5.74) is 5.54. The molecule has 1 amide bonds. The maximum absolute atomic E-state index is 11.6. The van der Waals surface area contributed by atoms with Crippen LogP contribution in [-0.4, -0.2) is 18.0 Å². The Labute approximate surface area is 72.7 Å². The predicted molar refractivity (Wildman–Crippen MR) is 46.5 cm³/mol. The molecule has 2 atom stereocenters. The Bertz CT molecular complexity index is 211. The summed E-state index contributed by atoms with van der Waals surface area (Å²) < 4.78 is 0. The lowest BCUT2D eigenvalue weighted by Gasteiger charge is -2.36. The molecular weight excluding hydrogens is 152 g/mol.